The molecule has 0 bridgehead atoms. The van der Waals surface area contributed by atoms with Gasteiger partial charge in [-0.3, -0.25) is 4.79 Å². The molecular weight excluding hydrogens is 198 g/mol. The van der Waals surface area contributed by atoms with Crippen LogP contribution in [0.2, 0.25) is 0 Å². The van der Waals surface area contributed by atoms with Crippen LogP contribution in [-0.4, -0.2) is 18.9 Å². The monoisotopic (exact) mass is 219 g/mol. The molecule has 0 fully saturated rings. The molecule has 0 heterocycles. The largest absolute Gasteiger partial charge is 0.316 e. The molecule has 0 amide bonds. The SMILES string of the molecule is CCNCC(C)C(=O)Cc1ccccc1C. The van der Waals surface area contributed by atoms with Gasteiger partial charge in [-0.05, 0) is 24.6 Å². The standard InChI is InChI=1S/C14H21NO/c1-4-15-10-12(3)14(16)9-13-8-6-5-7-11(13)2/h5-8,12,15H,4,9-10H2,1-3H3. The first-order chi connectivity index (χ1) is 7.65. The summed E-state index contributed by atoms with van der Waals surface area (Å²) in [7, 11) is 0. The zero-order valence-corrected chi connectivity index (χ0v) is 10.4. The Morgan fingerprint density at radius 2 is 2.06 bits per heavy atom. The van der Waals surface area contributed by atoms with Gasteiger partial charge >= 0.3 is 0 Å². The molecule has 0 spiro atoms. The fourth-order valence-corrected chi connectivity index (χ4v) is 1.65. The van der Waals surface area contributed by atoms with E-state index in [1.807, 2.05) is 25.1 Å². The highest BCUT2D eigenvalue weighted by Crippen LogP contribution is 2.10. The van der Waals surface area contributed by atoms with Gasteiger partial charge in [-0.15, -0.1) is 0 Å². The highest BCUT2D eigenvalue weighted by molar-refractivity contribution is 5.83. The number of carbonyl (C=O) groups is 1. The van der Waals surface area contributed by atoms with Crippen LogP contribution in [0.15, 0.2) is 24.3 Å². The lowest BCUT2D eigenvalue weighted by Crippen LogP contribution is -2.27. The van der Waals surface area contributed by atoms with Crippen LogP contribution in [0.4, 0.5) is 0 Å². The summed E-state index contributed by atoms with van der Waals surface area (Å²) in [6, 6.07) is 8.08. The van der Waals surface area contributed by atoms with Crippen LogP contribution in [0.3, 0.4) is 0 Å². The minimum absolute atomic E-state index is 0.0968. The predicted molar refractivity (Wildman–Crippen MR) is 67.6 cm³/mol. The van der Waals surface area contributed by atoms with Crippen molar-refractivity contribution in [1.29, 1.82) is 0 Å². The van der Waals surface area contributed by atoms with Crippen molar-refractivity contribution in [3.05, 3.63) is 35.4 Å². The number of hydrogen-bond acceptors (Lipinski definition) is 2. The molecule has 0 radical (unpaired) electrons. The highest BCUT2D eigenvalue weighted by atomic mass is 16.1. The summed E-state index contributed by atoms with van der Waals surface area (Å²) in [4.78, 5) is 11.9. The van der Waals surface area contributed by atoms with Crippen molar-refractivity contribution in [2.45, 2.75) is 27.2 Å². The fourth-order valence-electron chi connectivity index (χ4n) is 1.65. The molecular formula is C14H21NO. The molecule has 1 aromatic carbocycles. The Morgan fingerprint density at radius 1 is 1.38 bits per heavy atom. The molecule has 16 heavy (non-hydrogen) atoms. The number of benzene rings is 1. The van der Waals surface area contributed by atoms with Gasteiger partial charge in [0.2, 0.25) is 0 Å². The van der Waals surface area contributed by atoms with Crippen LogP contribution in [0.5, 0.6) is 0 Å². The summed E-state index contributed by atoms with van der Waals surface area (Å²) in [6.45, 7) is 7.79. The van der Waals surface area contributed by atoms with E-state index < -0.39 is 0 Å². The minimum Gasteiger partial charge on any atom is -0.316 e. The van der Waals surface area contributed by atoms with Crippen LogP contribution in [0, 0.1) is 12.8 Å². The number of hydrogen-bond donors (Lipinski definition) is 1. The number of nitrogens with one attached hydrogen (secondary N) is 1. The first-order valence-corrected chi connectivity index (χ1v) is 5.93. The molecule has 0 saturated heterocycles. The molecule has 0 saturated carbocycles. The van der Waals surface area contributed by atoms with Gasteiger partial charge in [-0.25, -0.2) is 0 Å². The van der Waals surface area contributed by atoms with E-state index in [4.69, 9.17) is 0 Å². The van der Waals surface area contributed by atoms with Crippen LogP contribution >= 0.6 is 0 Å². The number of Topliss-reactive ketones (excluding diaryl/α,β-unsaturated/α-hetero) is 1. The average molecular weight is 219 g/mol. The zero-order chi connectivity index (χ0) is 12.0. The summed E-state index contributed by atoms with van der Waals surface area (Å²) in [5.74, 6) is 0.412. The highest BCUT2D eigenvalue weighted by Gasteiger charge is 2.13. The summed E-state index contributed by atoms with van der Waals surface area (Å²) in [5, 5.41) is 3.21. The lowest BCUT2D eigenvalue weighted by molar-refractivity contribution is -0.121. The second kappa shape index (κ2) is 6.44. The van der Waals surface area contributed by atoms with Gasteiger partial charge in [0.15, 0.2) is 0 Å². The molecule has 1 atom stereocenters. The fraction of sp³-hybridized carbons (Fsp3) is 0.500. The first kappa shape index (κ1) is 12.9. The van der Waals surface area contributed by atoms with Crippen molar-refractivity contribution in [3.8, 4) is 0 Å². The Hall–Kier alpha value is -1.15. The molecule has 0 aliphatic rings. The maximum atomic E-state index is 11.9. The molecule has 2 nitrogen and oxygen atoms in total. The average Bonchev–Trinajstić information content (AvgIpc) is 2.28. The Labute approximate surface area is 98.1 Å². The number of aryl methyl sites for hydroxylation is 1. The van der Waals surface area contributed by atoms with Gasteiger partial charge in [-0.2, -0.15) is 0 Å². The third-order valence-corrected chi connectivity index (χ3v) is 2.88. The van der Waals surface area contributed by atoms with Crippen molar-refractivity contribution in [1.82, 2.24) is 5.32 Å². The summed E-state index contributed by atoms with van der Waals surface area (Å²) in [6.07, 6.45) is 0.555. The van der Waals surface area contributed by atoms with E-state index in [2.05, 4.69) is 25.2 Å². The van der Waals surface area contributed by atoms with Gasteiger partial charge < -0.3 is 5.32 Å². The maximum absolute atomic E-state index is 11.9. The molecule has 1 unspecified atom stereocenters. The van der Waals surface area contributed by atoms with Crippen molar-refractivity contribution in [3.63, 3.8) is 0 Å². The summed E-state index contributed by atoms with van der Waals surface area (Å²) in [5.41, 5.74) is 2.35. The molecule has 2 heteroatoms. The van der Waals surface area contributed by atoms with Crippen LogP contribution in [-0.2, 0) is 11.2 Å². The summed E-state index contributed by atoms with van der Waals surface area (Å²) >= 11 is 0. The predicted octanol–water partition coefficient (Wildman–Crippen LogP) is 2.35. The lowest BCUT2D eigenvalue weighted by Gasteiger charge is -2.11. The van der Waals surface area contributed by atoms with Gasteiger partial charge in [0.1, 0.15) is 5.78 Å². The van der Waals surface area contributed by atoms with E-state index >= 15 is 0 Å². The topological polar surface area (TPSA) is 29.1 Å². The van der Waals surface area contributed by atoms with Crippen molar-refractivity contribution < 1.29 is 4.79 Å². The van der Waals surface area contributed by atoms with Gasteiger partial charge in [0.05, 0.1) is 0 Å². The van der Waals surface area contributed by atoms with Crippen LogP contribution < -0.4 is 5.32 Å². The van der Waals surface area contributed by atoms with Crippen LogP contribution in [0.1, 0.15) is 25.0 Å². The van der Waals surface area contributed by atoms with Gasteiger partial charge in [0.25, 0.3) is 0 Å². The molecule has 88 valence electrons. The summed E-state index contributed by atoms with van der Waals surface area (Å²) < 4.78 is 0. The minimum atomic E-state index is 0.0968. The maximum Gasteiger partial charge on any atom is 0.141 e. The number of carbonyl (C=O) groups excluding carboxylic acids is 1. The molecule has 1 aromatic rings. The van der Waals surface area contributed by atoms with Crippen LogP contribution in [0.25, 0.3) is 0 Å². The van der Waals surface area contributed by atoms with E-state index in [-0.39, 0.29) is 5.92 Å². The Kier molecular flexibility index (Phi) is 5.20. The zero-order valence-electron chi connectivity index (χ0n) is 10.4. The van der Waals surface area contributed by atoms with Gasteiger partial charge in [0, 0.05) is 18.9 Å². The van der Waals surface area contributed by atoms with Crippen molar-refractivity contribution in [2.75, 3.05) is 13.1 Å². The third kappa shape index (κ3) is 3.78. The molecule has 0 aliphatic carbocycles. The first-order valence-electron chi connectivity index (χ1n) is 5.93. The Balaban J connectivity index is 2.54. The van der Waals surface area contributed by atoms with Gasteiger partial charge in [-0.1, -0.05) is 38.1 Å². The number of ketones is 1. The molecule has 1 N–H and O–H groups in total. The van der Waals surface area contributed by atoms with E-state index in [1.165, 1.54) is 5.56 Å². The van der Waals surface area contributed by atoms with Crippen molar-refractivity contribution in [2.24, 2.45) is 5.92 Å². The number of rotatable bonds is 6. The Morgan fingerprint density at radius 3 is 2.69 bits per heavy atom. The lowest BCUT2D eigenvalue weighted by atomic mass is 9.97. The Bertz CT molecular complexity index is 346. The second-order valence-electron chi connectivity index (χ2n) is 4.28. The third-order valence-electron chi connectivity index (χ3n) is 2.88. The van der Waals surface area contributed by atoms with E-state index in [0.29, 0.717) is 12.2 Å². The molecule has 0 aromatic heterocycles. The van der Waals surface area contributed by atoms with E-state index in [9.17, 15) is 4.79 Å². The normalized spacial score (nSPS) is 12.4. The van der Waals surface area contributed by atoms with E-state index in [0.717, 1.165) is 18.7 Å². The van der Waals surface area contributed by atoms with Crippen molar-refractivity contribution >= 4 is 5.78 Å². The molecule has 0 aliphatic heterocycles. The smallest absolute Gasteiger partial charge is 0.141 e. The molecule has 1 rings (SSSR count). The van der Waals surface area contributed by atoms with E-state index in [1.54, 1.807) is 0 Å². The quantitative estimate of drug-likeness (QED) is 0.795. The second-order valence-corrected chi connectivity index (χ2v) is 4.28.